The molecule has 0 aliphatic rings. The number of unbranched alkanes of at least 4 members (excludes halogenated alkanes) is 1. The number of rotatable bonds is 8. The van der Waals surface area contributed by atoms with Crippen molar-refractivity contribution in [1.82, 2.24) is 0 Å². The number of nitrogens with two attached hydrogens (primary N) is 1. The lowest BCUT2D eigenvalue weighted by molar-refractivity contribution is -0.384. The predicted molar refractivity (Wildman–Crippen MR) is 81.5 cm³/mol. The molecule has 0 spiro atoms. The number of halogens is 1. The van der Waals surface area contributed by atoms with E-state index in [-0.39, 0.29) is 24.1 Å². The van der Waals surface area contributed by atoms with Gasteiger partial charge in [0.2, 0.25) is 0 Å². The molecule has 0 bridgehead atoms. The van der Waals surface area contributed by atoms with E-state index in [1.807, 2.05) is 0 Å². The zero-order chi connectivity index (χ0) is 13.4. The summed E-state index contributed by atoms with van der Waals surface area (Å²) >= 11 is 4.11. The number of non-ortho nitro benzene ring substituents is 1. The van der Waals surface area contributed by atoms with Gasteiger partial charge < -0.3 is 10.5 Å². The third-order valence-electron chi connectivity index (χ3n) is 2.52. The van der Waals surface area contributed by atoms with Crippen LogP contribution >= 0.6 is 25.0 Å². The van der Waals surface area contributed by atoms with Crippen LogP contribution in [-0.2, 0) is 0 Å². The minimum absolute atomic E-state index is 0. The minimum atomic E-state index is -0.428. The fraction of sp³-hybridized carbons (Fsp3) is 0.500. The third-order valence-corrected chi connectivity index (χ3v) is 2.99. The molecule has 0 unspecified atom stereocenters. The average Bonchev–Trinajstić information content (AvgIpc) is 2.38. The van der Waals surface area contributed by atoms with Gasteiger partial charge in [0.15, 0.2) is 0 Å². The summed E-state index contributed by atoms with van der Waals surface area (Å²) in [5.41, 5.74) is 5.80. The Morgan fingerprint density at radius 3 is 2.47 bits per heavy atom. The number of hydrogen-bond donors (Lipinski definition) is 2. The highest BCUT2D eigenvalue weighted by Crippen LogP contribution is 2.17. The van der Waals surface area contributed by atoms with Crippen molar-refractivity contribution < 1.29 is 9.66 Å². The number of nitrogens with zero attached hydrogens (tertiary/aromatic N) is 1. The van der Waals surface area contributed by atoms with E-state index in [0.29, 0.717) is 18.1 Å². The normalized spacial score (nSPS) is 11.5. The summed E-state index contributed by atoms with van der Waals surface area (Å²) in [6.07, 6.45) is 2.85. The molecule has 0 heterocycles. The van der Waals surface area contributed by atoms with Crippen molar-refractivity contribution in [3.05, 3.63) is 34.4 Å². The second kappa shape index (κ2) is 9.89. The lowest BCUT2D eigenvalue weighted by atomic mass is 10.1. The van der Waals surface area contributed by atoms with Crippen LogP contribution in [0.2, 0.25) is 0 Å². The van der Waals surface area contributed by atoms with Crippen molar-refractivity contribution in [3.8, 4) is 5.75 Å². The van der Waals surface area contributed by atoms with Crippen LogP contribution in [0.1, 0.15) is 19.3 Å². The van der Waals surface area contributed by atoms with Gasteiger partial charge in [0.25, 0.3) is 5.69 Å². The molecular formula is C12H19ClN2O3S. The molecule has 0 saturated carbocycles. The first-order chi connectivity index (χ1) is 8.63. The highest BCUT2D eigenvalue weighted by molar-refractivity contribution is 7.80. The summed E-state index contributed by atoms with van der Waals surface area (Å²) in [6.45, 7) is 0.594. The Kier molecular flexibility index (Phi) is 9.38. The van der Waals surface area contributed by atoms with Crippen LogP contribution in [0.15, 0.2) is 24.3 Å². The maximum Gasteiger partial charge on any atom is 0.269 e. The van der Waals surface area contributed by atoms with Gasteiger partial charge in [-0.15, -0.1) is 12.4 Å². The van der Waals surface area contributed by atoms with E-state index in [4.69, 9.17) is 10.5 Å². The fourth-order valence-electron chi connectivity index (χ4n) is 1.45. The van der Waals surface area contributed by atoms with Crippen molar-refractivity contribution in [2.75, 3.05) is 12.4 Å². The van der Waals surface area contributed by atoms with Crippen LogP contribution in [0.25, 0.3) is 0 Å². The first kappa shape index (κ1) is 18.0. The molecule has 0 aliphatic carbocycles. The molecule has 0 saturated heterocycles. The molecule has 108 valence electrons. The summed E-state index contributed by atoms with van der Waals surface area (Å²) in [5, 5.41) is 10.5. The lowest BCUT2D eigenvalue weighted by Crippen LogP contribution is -2.21. The van der Waals surface area contributed by atoms with E-state index in [9.17, 15) is 10.1 Å². The molecule has 5 nitrogen and oxygen atoms in total. The molecule has 1 atom stereocenters. The van der Waals surface area contributed by atoms with Crippen molar-refractivity contribution in [2.45, 2.75) is 25.3 Å². The second-order valence-corrected chi connectivity index (χ2v) is 4.40. The van der Waals surface area contributed by atoms with E-state index in [2.05, 4.69) is 12.6 Å². The molecule has 1 rings (SSSR count). The highest BCUT2D eigenvalue weighted by atomic mass is 35.5. The topological polar surface area (TPSA) is 78.4 Å². The maximum atomic E-state index is 10.5. The number of ether oxygens (including phenoxy) is 1. The number of hydrogen-bond acceptors (Lipinski definition) is 5. The fourth-order valence-corrected chi connectivity index (χ4v) is 1.64. The summed E-state index contributed by atoms with van der Waals surface area (Å²) < 4.78 is 5.47. The van der Waals surface area contributed by atoms with Crippen molar-refractivity contribution >= 4 is 30.7 Å². The Labute approximate surface area is 124 Å². The first-order valence-electron chi connectivity index (χ1n) is 5.87. The van der Waals surface area contributed by atoms with Gasteiger partial charge in [0, 0.05) is 23.9 Å². The van der Waals surface area contributed by atoms with Gasteiger partial charge in [-0.25, -0.2) is 0 Å². The molecule has 0 radical (unpaired) electrons. The van der Waals surface area contributed by atoms with Crippen LogP contribution in [0.4, 0.5) is 5.69 Å². The molecule has 0 amide bonds. The first-order valence-corrected chi connectivity index (χ1v) is 6.50. The zero-order valence-electron chi connectivity index (χ0n) is 10.5. The van der Waals surface area contributed by atoms with Gasteiger partial charge in [0.1, 0.15) is 5.75 Å². The van der Waals surface area contributed by atoms with E-state index >= 15 is 0 Å². The van der Waals surface area contributed by atoms with Gasteiger partial charge >= 0.3 is 0 Å². The largest absolute Gasteiger partial charge is 0.494 e. The standard InChI is InChI=1S/C12H18N2O3S.ClH/c13-10(9-18)3-1-2-8-17-12-6-4-11(5-7-12)14(15)16;/h4-7,10,18H,1-3,8-9,13H2;1H/t10-;/m1./s1. The lowest BCUT2D eigenvalue weighted by Gasteiger charge is -2.08. The van der Waals surface area contributed by atoms with Crippen molar-refractivity contribution in [1.29, 1.82) is 0 Å². The summed E-state index contributed by atoms with van der Waals surface area (Å²) in [5.74, 6) is 1.35. The quantitative estimate of drug-likeness (QED) is 0.335. The molecule has 0 aliphatic heterocycles. The monoisotopic (exact) mass is 306 g/mol. The third kappa shape index (κ3) is 7.25. The Morgan fingerprint density at radius 1 is 1.32 bits per heavy atom. The molecule has 1 aromatic rings. The summed E-state index contributed by atoms with van der Waals surface area (Å²) in [6, 6.07) is 6.24. The van der Waals surface area contributed by atoms with E-state index < -0.39 is 4.92 Å². The van der Waals surface area contributed by atoms with E-state index in [0.717, 1.165) is 19.3 Å². The Balaban J connectivity index is 0.00000324. The molecule has 0 fully saturated rings. The van der Waals surface area contributed by atoms with Gasteiger partial charge in [-0.05, 0) is 31.4 Å². The van der Waals surface area contributed by atoms with Gasteiger partial charge in [0.05, 0.1) is 11.5 Å². The van der Waals surface area contributed by atoms with Crippen LogP contribution < -0.4 is 10.5 Å². The SMILES string of the molecule is Cl.N[C@@H](CS)CCCCOc1ccc([N+](=O)[O-])cc1. The molecular weight excluding hydrogens is 288 g/mol. The zero-order valence-corrected chi connectivity index (χ0v) is 12.2. The minimum Gasteiger partial charge on any atom is -0.494 e. The van der Waals surface area contributed by atoms with Gasteiger partial charge in [-0.3, -0.25) is 10.1 Å². The van der Waals surface area contributed by atoms with Crippen LogP contribution in [0.3, 0.4) is 0 Å². The molecule has 19 heavy (non-hydrogen) atoms. The Hall–Kier alpha value is -0.980. The summed E-state index contributed by atoms with van der Waals surface area (Å²) in [7, 11) is 0. The maximum absolute atomic E-state index is 10.5. The average molecular weight is 307 g/mol. The number of nitro benzene ring substituents is 1. The molecule has 1 aromatic carbocycles. The van der Waals surface area contributed by atoms with Crippen LogP contribution in [-0.4, -0.2) is 23.3 Å². The van der Waals surface area contributed by atoms with Gasteiger partial charge in [-0.2, -0.15) is 12.6 Å². The molecule has 2 N–H and O–H groups in total. The van der Waals surface area contributed by atoms with Crippen molar-refractivity contribution in [2.24, 2.45) is 5.73 Å². The van der Waals surface area contributed by atoms with Crippen molar-refractivity contribution in [3.63, 3.8) is 0 Å². The molecule has 0 aromatic heterocycles. The number of thiol groups is 1. The van der Waals surface area contributed by atoms with Gasteiger partial charge in [-0.1, -0.05) is 0 Å². The number of nitro groups is 1. The summed E-state index contributed by atoms with van der Waals surface area (Å²) in [4.78, 5) is 10.0. The van der Waals surface area contributed by atoms with E-state index in [1.54, 1.807) is 12.1 Å². The predicted octanol–water partition coefficient (Wildman–Crippen LogP) is 2.82. The Bertz CT molecular complexity index is 376. The number of benzene rings is 1. The van der Waals surface area contributed by atoms with Crippen LogP contribution in [0.5, 0.6) is 5.75 Å². The smallest absolute Gasteiger partial charge is 0.269 e. The van der Waals surface area contributed by atoms with E-state index in [1.165, 1.54) is 12.1 Å². The Morgan fingerprint density at radius 2 is 1.95 bits per heavy atom. The molecule has 7 heteroatoms. The second-order valence-electron chi connectivity index (χ2n) is 4.04. The van der Waals surface area contributed by atoms with Crippen LogP contribution in [0, 0.1) is 10.1 Å². The highest BCUT2D eigenvalue weighted by Gasteiger charge is 2.04.